The van der Waals surface area contributed by atoms with Gasteiger partial charge in [0.25, 0.3) is 0 Å². The Labute approximate surface area is 145 Å². The minimum Gasteiger partial charge on any atom is -0.384 e. The van der Waals surface area contributed by atoms with Gasteiger partial charge in [0.05, 0.1) is 17.3 Å². The van der Waals surface area contributed by atoms with E-state index in [2.05, 4.69) is 32.4 Å². The molecule has 3 aromatic heterocycles. The van der Waals surface area contributed by atoms with E-state index in [1.54, 1.807) is 30.6 Å². The van der Waals surface area contributed by atoms with E-state index in [0.717, 1.165) is 11.3 Å². The number of nitrogens with zero attached hydrogens (tertiary/aromatic N) is 4. The molecular weight excluding hydrogens is 312 g/mol. The van der Waals surface area contributed by atoms with Crippen LogP contribution in [0.1, 0.15) is 29.9 Å². The maximum atomic E-state index is 9.03. The van der Waals surface area contributed by atoms with Gasteiger partial charge in [-0.1, -0.05) is 0 Å². The van der Waals surface area contributed by atoms with E-state index >= 15 is 0 Å². The second-order valence-corrected chi connectivity index (χ2v) is 6.08. The first-order valence-corrected chi connectivity index (χ1v) is 8.08. The third-order valence-corrected chi connectivity index (χ3v) is 4.12. The summed E-state index contributed by atoms with van der Waals surface area (Å²) in [6, 6.07) is 13.3. The maximum absolute atomic E-state index is 9.03. The molecule has 1 aliphatic carbocycles. The van der Waals surface area contributed by atoms with Crippen LogP contribution in [0.15, 0.2) is 48.8 Å². The van der Waals surface area contributed by atoms with Gasteiger partial charge in [-0.05, 0) is 60.7 Å². The molecule has 0 saturated heterocycles. The van der Waals surface area contributed by atoms with Crippen molar-refractivity contribution in [3.05, 3.63) is 59.9 Å². The number of anilines is 3. The van der Waals surface area contributed by atoms with E-state index in [-0.39, 0.29) is 0 Å². The minimum absolute atomic E-state index is 0.484. The van der Waals surface area contributed by atoms with Crippen LogP contribution in [0.2, 0.25) is 0 Å². The van der Waals surface area contributed by atoms with Gasteiger partial charge in [-0.2, -0.15) is 5.26 Å². The number of nitrogens with one attached hydrogen (secondary N) is 1. The molecule has 0 bridgehead atoms. The van der Waals surface area contributed by atoms with Crippen molar-refractivity contribution >= 4 is 17.5 Å². The van der Waals surface area contributed by atoms with E-state index in [1.165, 1.54) is 18.4 Å². The molecule has 122 valence electrons. The molecule has 3 N–H and O–H groups in total. The van der Waals surface area contributed by atoms with E-state index in [4.69, 9.17) is 11.0 Å². The highest BCUT2D eigenvalue weighted by Crippen LogP contribution is 2.42. The van der Waals surface area contributed by atoms with Gasteiger partial charge < -0.3 is 11.1 Å². The van der Waals surface area contributed by atoms with Crippen LogP contribution in [0, 0.1) is 11.3 Å². The molecule has 0 unspecified atom stereocenters. The smallest absolute Gasteiger partial charge is 0.132 e. The molecule has 1 fully saturated rings. The summed E-state index contributed by atoms with van der Waals surface area (Å²) in [6.07, 6.45) is 5.74. The summed E-state index contributed by atoms with van der Waals surface area (Å²) in [5, 5.41) is 12.2. The summed E-state index contributed by atoms with van der Waals surface area (Å²) in [4.78, 5) is 13.1. The lowest BCUT2D eigenvalue weighted by molar-refractivity contribution is 1.11. The average Bonchev–Trinajstić information content (AvgIpc) is 3.47. The summed E-state index contributed by atoms with van der Waals surface area (Å²) >= 11 is 0. The zero-order valence-corrected chi connectivity index (χ0v) is 13.5. The molecule has 0 amide bonds. The van der Waals surface area contributed by atoms with Crippen LogP contribution in [0.25, 0.3) is 11.3 Å². The standard InChI is InChI=1S/C19H16N6/c20-10-12-5-6-22-18(7-12)25-19-9-15(13-1-2-13)8-16(24-19)14-3-4-17(21)23-11-14/h3-9,11,13H,1-2H2,(H2,21,23)(H,22,24,25). The van der Waals surface area contributed by atoms with Crippen LogP contribution in [0.5, 0.6) is 0 Å². The normalized spacial score (nSPS) is 13.2. The molecular formula is C19H16N6. The first-order valence-electron chi connectivity index (χ1n) is 8.08. The molecule has 6 nitrogen and oxygen atoms in total. The summed E-state index contributed by atoms with van der Waals surface area (Å²) in [7, 11) is 0. The number of nitrogen functional groups attached to an aromatic ring is 1. The number of pyridine rings is 3. The van der Waals surface area contributed by atoms with Crippen molar-refractivity contribution in [2.45, 2.75) is 18.8 Å². The fraction of sp³-hybridized carbons (Fsp3) is 0.158. The highest BCUT2D eigenvalue weighted by atomic mass is 15.1. The minimum atomic E-state index is 0.484. The third-order valence-electron chi connectivity index (χ3n) is 4.12. The lowest BCUT2D eigenvalue weighted by atomic mass is 10.1. The van der Waals surface area contributed by atoms with E-state index in [9.17, 15) is 0 Å². The quantitative estimate of drug-likeness (QED) is 0.758. The molecule has 0 aromatic carbocycles. The van der Waals surface area contributed by atoms with Crippen LogP contribution in [-0.4, -0.2) is 15.0 Å². The molecule has 4 rings (SSSR count). The van der Waals surface area contributed by atoms with Gasteiger partial charge in [-0.3, -0.25) is 0 Å². The molecule has 3 heterocycles. The predicted octanol–water partition coefficient (Wildman–Crippen LogP) is 3.61. The number of hydrogen-bond acceptors (Lipinski definition) is 6. The maximum Gasteiger partial charge on any atom is 0.132 e. The number of aromatic nitrogens is 3. The fourth-order valence-electron chi connectivity index (χ4n) is 2.67. The van der Waals surface area contributed by atoms with Crippen LogP contribution >= 0.6 is 0 Å². The highest BCUT2D eigenvalue weighted by molar-refractivity contribution is 5.65. The first-order chi connectivity index (χ1) is 12.2. The van der Waals surface area contributed by atoms with Crippen molar-refractivity contribution in [2.75, 3.05) is 11.1 Å². The second kappa shape index (κ2) is 6.21. The highest BCUT2D eigenvalue weighted by Gasteiger charge is 2.25. The monoisotopic (exact) mass is 328 g/mol. The number of rotatable bonds is 4. The van der Waals surface area contributed by atoms with Crippen LogP contribution in [0.3, 0.4) is 0 Å². The van der Waals surface area contributed by atoms with Crippen molar-refractivity contribution < 1.29 is 0 Å². The average molecular weight is 328 g/mol. The number of hydrogen-bond donors (Lipinski definition) is 2. The SMILES string of the molecule is N#Cc1ccnc(Nc2cc(C3CC3)cc(-c3ccc(N)nc3)n2)c1. The molecule has 25 heavy (non-hydrogen) atoms. The van der Waals surface area contributed by atoms with Crippen molar-refractivity contribution in [3.63, 3.8) is 0 Å². The Morgan fingerprint density at radius 2 is 1.96 bits per heavy atom. The van der Waals surface area contributed by atoms with Crippen LogP contribution < -0.4 is 11.1 Å². The van der Waals surface area contributed by atoms with Crippen molar-refractivity contribution in [2.24, 2.45) is 0 Å². The predicted molar refractivity (Wildman–Crippen MR) is 96.1 cm³/mol. The van der Waals surface area contributed by atoms with Gasteiger partial charge in [-0.25, -0.2) is 15.0 Å². The zero-order chi connectivity index (χ0) is 17.2. The molecule has 0 spiro atoms. The Kier molecular flexibility index (Phi) is 3.75. The Morgan fingerprint density at radius 3 is 2.68 bits per heavy atom. The van der Waals surface area contributed by atoms with E-state index in [1.807, 2.05) is 12.1 Å². The van der Waals surface area contributed by atoms with Crippen molar-refractivity contribution in [3.8, 4) is 17.3 Å². The van der Waals surface area contributed by atoms with Gasteiger partial charge in [0, 0.05) is 18.0 Å². The summed E-state index contributed by atoms with van der Waals surface area (Å²) in [5.74, 6) is 2.38. The molecule has 1 saturated carbocycles. The van der Waals surface area contributed by atoms with Crippen molar-refractivity contribution in [1.82, 2.24) is 15.0 Å². The lowest BCUT2D eigenvalue weighted by Crippen LogP contribution is -1.99. The molecule has 6 heteroatoms. The van der Waals surface area contributed by atoms with Gasteiger partial charge in [0.2, 0.25) is 0 Å². The summed E-state index contributed by atoms with van der Waals surface area (Å²) in [6.45, 7) is 0. The summed E-state index contributed by atoms with van der Waals surface area (Å²) < 4.78 is 0. The molecule has 0 radical (unpaired) electrons. The van der Waals surface area contributed by atoms with Gasteiger partial charge >= 0.3 is 0 Å². The topological polar surface area (TPSA) is 101 Å². The number of nitriles is 1. The van der Waals surface area contributed by atoms with E-state index < -0.39 is 0 Å². The first kappa shape index (κ1) is 15.1. The largest absolute Gasteiger partial charge is 0.384 e. The molecule has 0 atom stereocenters. The Balaban J connectivity index is 1.71. The molecule has 3 aromatic rings. The van der Waals surface area contributed by atoms with Crippen LogP contribution in [0.4, 0.5) is 17.5 Å². The molecule has 1 aliphatic rings. The Bertz CT molecular complexity index is 954. The summed E-state index contributed by atoms with van der Waals surface area (Å²) in [5.41, 5.74) is 9.24. The fourth-order valence-corrected chi connectivity index (χ4v) is 2.67. The van der Waals surface area contributed by atoms with Gasteiger partial charge in [0.1, 0.15) is 17.5 Å². The Morgan fingerprint density at radius 1 is 1.08 bits per heavy atom. The van der Waals surface area contributed by atoms with Crippen LogP contribution in [-0.2, 0) is 0 Å². The Hall–Kier alpha value is -3.46. The second-order valence-electron chi connectivity index (χ2n) is 6.08. The zero-order valence-electron chi connectivity index (χ0n) is 13.5. The van der Waals surface area contributed by atoms with Gasteiger partial charge in [-0.15, -0.1) is 0 Å². The number of nitrogens with two attached hydrogens (primary N) is 1. The lowest BCUT2D eigenvalue weighted by Gasteiger charge is -2.10. The van der Waals surface area contributed by atoms with Gasteiger partial charge in [0.15, 0.2) is 0 Å². The molecule has 0 aliphatic heterocycles. The van der Waals surface area contributed by atoms with E-state index in [0.29, 0.717) is 28.9 Å². The third kappa shape index (κ3) is 3.40. The van der Waals surface area contributed by atoms with Crippen molar-refractivity contribution in [1.29, 1.82) is 5.26 Å².